The van der Waals surface area contributed by atoms with Crippen molar-refractivity contribution in [1.82, 2.24) is 5.32 Å². The summed E-state index contributed by atoms with van der Waals surface area (Å²) in [5, 5.41) is 13.3. The highest BCUT2D eigenvalue weighted by Crippen LogP contribution is 2.17. The van der Waals surface area contributed by atoms with Crippen molar-refractivity contribution < 1.29 is 4.79 Å². The zero-order chi connectivity index (χ0) is 12.0. The van der Waals surface area contributed by atoms with E-state index < -0.39 is 0 Å². The van der Waals surface area contributed by atoms with Crippen LogP contribution in [0.2, 0.25) is 0 Å². The Morgan fingerprint density at radius 3 is 2.94 bits per heavy atom. The molecule has 86 valence electrons. The van der Waals surface area contributed by atoms with E-state index in [-0.39, 0.29) is 17.9 Å². The molecule has 0 saturated carbocycles. The smallest absolute Gasteiger partial charge is 0.234 e. The van der Waals surface area contributed by atoms with E-state index >= 15 is 0 Å². The summed E-state index contributed by atoms with van der Waals surface area (Å²) in [5.74, 6) is -0.196. The zero-order valence-electron chi connectivity index (χ0n) is 9.62. The quantitative estimate of drug-likeness (QED) is 0.854. The number of nitrogens with zero attached hydrogens (tertiary/aromatic N) is 1. The van der Waals surface area contributed by atoms with Crippen molar-refractivity contribution in [2.45, 2.75) is 38.6 Å². The summed E-state index contributed by atoms with van der Waals surface area (Å²) in [5.41, 5.74) is -0.252. The van der Waals surface area contributed by atoms with Gasteiger partial charge in [-0.25, -0.2) is 0 Å². The number of carbonyl (C=O) groups is 1. The second-order valence-corrected chi connectivity index (χ2v) is 5.38. The Bertz CT molecular complexity index is 376. The maximum Gasteiger partial charge on any atom is 0.234 e. The molecule has 1 N–H and O–H groups in total. The molecule has 0 aromatic carbocycles. The van der Waals surface area contributed by atoms with Gasteiger partial charge < -0.3 is 5.32 Å². The van der Waals surface area contributed by atoms with Crippen LogP contribution in [0.25, 0.3) is 0 Å². The Balaban J connectivity index is 2.39. The van der Waals surface area contributed by atoms with E-state index in [1.807, 2.05) is 26.0 Å². The number of hydrogen-bond acceptors (Lipinski definition) is 3. The van der Waals surface area contributed by atoms with Crippen molar-refractivity contribution in [3.8, 4) is 6.07 Å². The summed E-state index contributed by atoms with van der Waals surface area (Å²) in [6.07, 6.45) is 1.77. The van der Waals surface area contributed by atoms with Crippen LogP contribution >= 0.6 is 11.3 Å². The molecular formula is C12H16N2OS. The van der Waals surface area contributed by atoms with Gasteiger partial charge in [-0.1, -0.05) is 6.07 Å². The summed E-state index contributed by atoms with van der Waals surface area (Å²) in [6, 6.07) is 5.97. The Hall–Kier alpha value is -1.34. The molecule has 1 amide bonds. The van der Waals surface area contributed by atoms with Crippen molar-refractivity contribution in [1.29, 1.82) is 5.26 Å². The largest absolute Gasteiger partial charge is 0.350 e. The van der Waals surface area contributed by atoms with Gasteiger partial charge >= 0.3 is 0 Å². The maximum absolute atomic E-state index is 11.3. The van der Waals surface area contributed by atoms with Crippen LogP contribution in [0.3, 0.4) is 0 Å². The fourth-order valence-corrected chi connectivity index (χ4v) is 2.16. The lowest BCUT2D eigenvalue weighted by Crippen LogP contribution is -2.43. The maximum atomic E-state index is 11.3. The average Bonchev–Trinajstić information content (AvgIpc) is 2.66. The molecule has 0 unspecified atom stereocenters. The molecule has 0 aliphatic heterocycles. The van der Waals surface area contributed by atoms with Gasteiger partial charge in [0.2, 0.25) is 5.91 Å². The van der Waals surface area contributed by atoms with Gasteiger partial charge in [0, 0.05) is 10.4 Å². The van der Waals surface area contributed by atoms with Crippen molar-refractivity contribution in [2.75, 3.05) is 0 Å². The van der Waals surface area contributed by atoms with Crippen molar-refractivity contribution in [3.63, 3.8) is 0 Å². The normalized spacial score (nSPS) is 10.8. The first-order valence-corrected chi connectivity index (χ1v) is 6.12. The van der Waals surface area contributed by atoms with Gasteiger partial charge in [-0.15, -0.1) is 11.3 Å². The Morgan fingerprint density at radius 1 is 1.62 bits per heavy atom. The highest BCUT2D eigenvalue weighted by molar-refractivity contribution is 7.09. The minimum absolute atomic E-state index is 0.0670. The molecular weight excluding hydrogens is 220 g/mol. The van der Waals surface area contributed by atoms with Gasteiger partial charge in [0.05, 0.1) is 6.07 Å². The number of aryl methyl sites for hydroxylation is 1. The molecule has 0 atom stereocenters. The molecule has 4 heteroatoms. The van der Waals surface area contributed by atoms with Gasteiger partial charge in [-0.05, 0) is 38.1 Å². The van der Waals surface area contributed by atoms with E-state index in [0.29, 0.717) is 0 Å². The standard InChI is InChI=1S/C12H16N2OS/c1-12(2,14-11(15)6-8-13)7-5-10-4-3-9-16-10/h3-4,9H,5-7H2,1-2H3,(H,14,15). The number of rotatable bonds is 5. The fourth-order valence-electron chi connectivity index (χ4n) is 1.45. The Morgan fingerprint density at radius 2 is 2.38 bits per heavy atom. The van der Waals surface area contributed by atoms with Crippen LogP contribution in [0.15, 0.2) is 17.5 Å². The molecule has 0 fully saturated rings. The first-order chi connectivity index (χ1) is 7.53. The molecule has 0 radical (unpaired) electrons. The van der Waals surface area contributed by atoms with E-state index in [9.17, 15) is 4.79 Å². The van der Waals surface area contributed by atoms with Gasteiger partial charge in [-0.3, -0.25) is 4.79 Å². The number of carbonyl (C=O) groups excluding carboxylic acids is 1. The predicted molar refractivity (Wildman–Crippen MR) is 65.1 cm³/mol. The summed E-state index contributed by atoms with van der Waals surface area (Å²) in [6.45, 7) is 3.96. The predicted octanol–water partition coefficient (Wildman–Crippen LogP) is 2.49. The van der Waals surface area contributed by atoms with Crippen LogP contribution < -0.4 is 5.32 Å². The number of nitriles is 1. The third-order valence-corrected chi connectivity index (χ3v) is 3.23. The molecule has 0 aliphatic rings. The first kappa shape index (κ1) is 12.7. The van der Waals surface area contributed by atoms with Crippen LogP contribution in [0, 0.1) is 11.3 Å². The van der Waals surface area contributed by atoms with E-state index in [0.717, 1.165) is 12.8 Å². The third kappa shape index (κ3) is 4.45. The van der Waals surface area contributed by atoms with Gasteiger partial charge in [0.15, 0.2) is 0 Å². The summed E-state index contributed by atoms with van der Waals surface area (Å²) in [7, 11) is 0. The van der Waals surface area contributed by atoms with Crippen LogP contribution in [0.5, 0.6) is 0 Å². The number of thiophene rings is 1. The molecule has 1 aromatic rings. The Kier molecular flexibility index (Phi) is 4.51. The summed E-state index contributed by atoms with van der Waals surface area (Å²) >= 11 is 1.73. The summed E-state index contributed by atoms with van der Waals surface area (Å²) in [4.78, 5) is 12.6. The monoisotopic (exact) mass is 236 g/mol. The number of nitrogens with one attached hydrogen (secondary N) is 1. The molecule has 0 saturated heterocycles. The van der Waals surface area contributed by atoms with E-state index in [2.05, 4.69) is 16.8 Å². The molecule has 16 heavy (non-hydrogen) atoms. The minimum Gasteiger partial charge on any atom is -0.350 e. The minimum atomic E-state index is -0.252. The van der Waals surface area contributed by atoms with Gasteiger partial charge in [0.25, 0.3) is 0 Å². The lowest BCUT2D eigenvalue weighted by molar-refractivity contribution is -0.121. The highest BCUT2D eigenvalue weighted by atomic mass is 32.1. The lowest BCUT2D eigenvalue weighted by atomic mass is 9.97. The van der Waals surface area contributed by atoms with Gasteiger partial charge in [-0.2, -0.15) is 5.26 Å². The van der Waals surface area contributed by atoms with Crippen molar-refractivity contribution >= 4 is 17.2 Å². The highest BCUT2D eigenvalue weighted by Gasteiger charge is 2.19. The van der Waals surface area contributed by atoms with E-state index in [4.69, 9.17) is 5.26 Å². The first-order valence-electron chi connectivity index (χ1n) is 5.24. The second kappa shape index (κ2) is 5.66. The van der Waals surface area contributed by atoms with Crippen LogP contribution in [-0.4, -0.2) is 11.4 Å². The van der Waals surface area contributed by atoms with Gasteiger partial charge in [0.1, 0.15) is 6.42 Å². The summed E-state index contributed by atoms with van der Waals surface area (Å²) < 4.78 is 0. The van der Waals surface area contributed by atoms with Crippen molar-refractivity contribution in [2.24, 2.45) is 0 Å². The molecule has 1 aromatic heterocycles. The molecule has 0 aliphatic carbocycles. The topological polar surface area (TPSA) is 52.9 Å². The molecule has 3 nitrogen and oxygen atoms in total. The number of hydrogen-bond donors (Lipinski definition) is 1. The molecule has 1 rings (SSSR count). The van der Waals surface area contributed by atoms with Crippen LogP contribution in [0.4, 0.5) is 0 Å². The molecule has 0 bridgehead atoms. The fraction of sp³-hybridized carbons (Fsp3) is 0.500. The van der Waals surface area contributed by atoms with E-state index in [1.54, 1.807) is 11.3 Å². The van der Waals surface area contributed by atoms with Crippen LogP contribution in [0.1, 0.15) is 31.6 Å². The molecule has 0 spiro atoms. The molecule has 1 heterocycles. The zero-order valence-corrected chi connectivity index (χ0v) is 10.4. The van der Waals surface area contributed by atoms with Crippen LogP contribution in [-0.2, 0) is 11.2 Å². The van der Waals surface area contributed by atoms with Crippen molar-refractivity contribution in [3.05, 3.63) is 22.4 Å². The van der Waals surface area contributed by atoms with E-state index in [1.165, 1.54) is 4.88 Å². The second-order valence-electron chi connectivity index (χ2n) is 4.35. The Labute approximate surface area is 100 Å². The average molecular weight is 236 g/mol. The lowest BCUT2D eigenvalue weighted by Gasteiger charge is -2.25. The third-order valence-electron chi connectivity index (χ3n) is 2.29. The SMILES string of the molecule is CC(C)(CCc1cccs1)NC(=O)CC#N. The number of amides is 1.